The fraction of sp³-hybridized carbons (Fsp3) is 0.533. The molecule has 0 aliphatic carbocycles. The summed E-state index contributed by atoms with van der Waals surface area (Å²) in [6.45, 7) is 4.43. The van der Waals surface area contributed by atoms with Crippen LogP contribution in [0.1, 0.15) is 49.3 Å². The van der Waals surface area contributed by atoms with Crippen LogP contribution in [0.5, 0.6) is 0 Å². The van der Waals surface area contributed by atoms with Crippen LogP contribution in [0.2, 0.25) is 0 Å². The molecule has 2 aromatic heterocycles. The summed E-state index contributed by atoms with van der Waals surface area (Å²) in [5, 5.41) is 8.13. The van der Waals surface area contributed by atoms with Gasteiger partial charge in [0.15, 0.2) is 0 Å². The zero-order valence-corrected chi connectivity index (χ0v) is 14.7. The molecular formula is C15H22BrN3S. The maximum absolute atomic E-state index is 4.74. The van der Waals surface area contributed by atoms with Crippen molar-refractivity contribution in [3.63, 3.8) is 0 Å². The van der Waals surface area contributed by atoms with Crippen LogP contribution in [0.25, 0.3) is 0 Å². The highest BCUT2D eigenvalue weighted by atomic mass is 79.9. The quantitative estimate of drug-likeness (QED) is 0.788. The minimum Gasteiger partial charge on any atom is -0.312 e. The summed E-state index contributed by atoms with van der Waals surface area (Å²) in [6, 6.07) is 7.27. The zero-order valence-electron chi connectivity index (χ0n) is 12.3. The van der Waals surface area contributed by atoms with Crippen LogP contribution in [0.3, 0.4) is 0 Å². The third-order valence-corrected chi connectivity index (χ3v) is 5.42. The lowest BCUT2D eigenvalue weighted by Crippen LogP contribution is -2.18. The SMILES string of the molecule is CCC(CC)n1ccc(CC(NC)c2ccc(Br)s2)n1. The van der Waals surface area contributed by atoms with Gasteiger partial charge in [-0.05, 0) is 54.0 Å². The standard InChI is InChI=1S/C15H22BrN3S/c1-4-12(5-2)19-9-8-11(18-19)10-13(17-3)14-6-7-15(16)20-14/h6-9,12-13,17H,4-5,10H2,1-3H3. The Morgan fingerprint density at radius 3 is 2.60 bits per heavy atom. The molecule has 1 atom stereocenters. The Hall–Kier alpha value is -0.650. The third-order valence-electron chi connectivity index (χ3n) is 3.68. The van der Waals surface area contributed by atoms with Gasteiger partial charge in [-0.3, -0.25) is 4.68 Å². The van der Waals surface area contributed by atoms with Crippen LogP contribution in [0.4, 0.5) is 0 Å². The molecule has 2 heterocycles. The minimum atomic E-state index is 0.330. The van der Waals surface area contributed by atoms with E-state index in [-0.39, 0.29) is 0 Å². The van der Waals surface area contributed by atoms with Crippen LogP contribution < -0.4 is 5.32 Å². The molecule has 0 spiro atoms. The molecule has 0 fully saturated rings. The van der Waals surface area contributed by atoms with Gasteiger partial charge in [-0.15, -0.1) is 11.3 Å². The Morgan fingerprint density at radius 2 is 2.05 bits per heavy atom. The van der Waals surface area contributed by atoms with Gasteiger partial charge in [-0.1, -0.05) is 13.8 Å². The van der Waals surface area contributed by atoms with Gasteiger partial charge in [0.25, 0.3) is 0 Å². The number of aromatic nitrogens is 2. The van der Waals surface area contributed by atoms with Gasteiger partial charge in [-0.2, -0.15) is 5.10 Å². The lowest BCUT2D eigenvalue weighted by atomic mass is 10.1. The molecule has 2 aromatic rings. The molecule has 2 rings (SSSR count). The molecule has 0 aliphatic rings. The van der Waals surface area contributed by atoms with Crippen molar-refractivity contribution in [2.24, 2.45) is 0 Å². The molecule has 0 saturated heterocycles. The summed E-state index contributed by atoms with van der Waals surface area (Å²) < 4.78 is 3.29. The second-order valence-corrected chi connectivity index (χ2v) is 7.44. The van der Waals surface area contributed by atoms with Gasteiger partial charge in [-0.25, -0.2) is 0 Å². The van der Waals surface area contributed by atoms with Crippen molar-refractivity contribution >= 4 is 27.3 Å². The van der Waals surface area contributed by atoms with Crippen LogP contribution >= 0.6 is 27.3 Å². The van der Waals surface area contributed by atoms with Crippen molar-refractivity contribution in [3.05, 3.63) is 38.8 Å². The first-order chi connectivity index (χ1) is 9.67. The number of rotatable bonds is 7. The molecule has 1 N–H and O–H groups in total. The molecule has 0 aromatic carbocycles. The normalized spacial score (nSPS) is 13.1. The van der Waals surface area contributed by atoms with E-state index < -0.39 is 0 Å². The first-order valence-electron chi connectivity index (χ1n) is 7.14. The smallest absolute Gasteiger partial charge is 0.0701 e. The second-order valence-electron chi connectivity index (χ2n) is 4.94. The van der Waals surface area contributed by atoms with Gasteiger partial charge in [0.2, 0.25) is 0 Å². The lowest BCUT2D eigenvalue weighted by molar-refractivity contribution is 0.423. The molecule has 1 unspecified atom stereocenters. The van der Waals surface area contributed by atoms with Crippen molar-refractivity contribution in [2.45, 2.75) is 45.2 Å². The van der Waals surface area contributed by atoms with Gasteiger partial charge < -0.3 is 5.32 Å². The zero-order chi connectivity index (χ0) is 14.5. The predicted molar refractivity (Wildman–Crippen MR) is 89.4 cm³/mol. The molecule has 0 bridgehead atoms. The van der Waals surface area contributed by atoms with E-state index in [0.29, 0.717) is 12.1 Å². The fourth-order valence-electron chi connectivity index (χ4n) is 2.42. The minimum absolute atomic E-state index is 0.330. The summed E-state index contributed by atoms with van der Waals surface area (Å²) >= 11 is 5.31. The monoisotopic (exact) mass is 355 g/mol. The number of nitrogens with zero attached hydrogens (tertiary/aromatic N) is 2. The maximum Gasteiger partial charge on any atom is 0.0701 e. The summed E-state index contributed by atoms with van der Waals surface area (Å²) in [5.74, 6) is 0. The predicted octanol–water partition coefficient (Wildman–Crippen LogP) is 4.57. The van der Waals surface area contributed by atoms with E-state index in [0.717, 1.165) is 25.0 Å². The third kappa shape index (κ3) is 3.71. The average molecular weight is 356 g/mol. The van der Waals surface area contributed by atoms with Gasteiger partial charge in [0, 0.05) is 23.5 Å². The van der Waals surface area contributed by atoms with E-state index in [1.807, 2.05) is 7.05 Å². The molecular weight excluding hydrogens is 334 g/mol. The van der Waals surface area contributed by atoms with Gasteiger partial charge >= 0.3 is 0 Å². The van der Waals surface area contributed by atoms with E-state index in [9.17, 15) is 0 Å². The first kappa shape index (κ1) is 15.7. The molecule has 3 nitrogen and oxygen atoms in total. The Bertz CT molecular complexity index is 531. The van der Waals surface area contributed by atoms with E-state index in [1.165, 1.54) is 8.66 Å². The Balaban J connectivity index is 2.08. The van der Waals surface area contributed by atoms with Crippen molar-refractivity contribution in [2.75, 3.05) is 7.05 Å². The van der Waals surface area contributed by atoms with E-state index in [1.54, 1.807) is 11.3 Å². The van der Waals surface area contributed by atoms with Crippen molar-refractivity contribution in [1.29, 1.82) is 0 Å². The van der Waals surface area contributed by atoms with Gasteiger partial charge in [0.05, 0.1) is 15.5 Å². The highest BCUT2D eigenvalue weighted by molar-refractivity contribution is 9.11. The maximum atomic E-state index is 4.74. The number of hydrogen-bond acceptors (Lipinski definition) is 3. The van der Waals surface area contributed by atoms with Crippen molar-refractivity contribution in [3.8, 4) is 0 Å². The Kier molecular flexibility index (Phi) is 5.81. The highest BCUT2D eigenvalue weighted by Gasteiger charge is 2.15. The van der Waals surface area contributed by atoms with Crippen molar-refractivity contribution < 1.29 is 0 Å². The number of halogens is 1. The molecule has 5 heteroatoms. The second kappa shape index (κ2) is 7.38. The van der Waals surface area contributed by atoms with Crippen LogP contribution in [-0.4, -0.2) is 16.8 Å². The number of nitrogens with one attached hydrogen (secondary N) is 1. The van der Waals surface area contributed by atoms with E-state index >= 15 is 0 Å². The molecule has 20 heavy (non-hydrogen) atoms. The molecule has 0 saturated carbocycles. The largest absolute Gasteiger partial charge is 0.312 e. The van der Waals surface area contributed by atoms with Crippen LogP contribution in [0.15, 0.2) is 28.2 Å². The summed E-state index contributed by atoms with van der Waals surface area (Å²) in [4.78, 5) is 1.34. The number of thiophene rings is 1. The summed E-state index contributed by atoms with van der Waals surface area (Å²) in [6.07, 6.45) is 5.30. The highest BCUT2D eigenvalue weighted by Crippen LogP contribution is 2.29. The lowest BCUT2D eigenvalue weighted by Gasteiger charge is -2.14. The summed E-state index contributed by atoms with van der Waals surface area (Å²) in [7, 11) is 2.01. The first-order valence-corrected chi connectivity index (χ1v) is 8.75. The average Bonchev–Trinajstić information content (AvgIpc) is 3.07. The molecule has 0 aliphatic heterocycles. The van der Waals surface area contributed by atoms with Crippen molar-refractivity contribution in [1.82, 2.24) is 15.1 Å². The summed E-state index contributed by atoms with van der Waals surface area (Å²) in [5.41, 5.74) is 1.15. The Labute approximate surface area is 133 Å². The molecule has 0 radical (unpaired) electrons. The fourth-order valence-corrected chi connectivity index (χ4v) is 3.96. The topological polar surface area (TPSA) is 29.9 Å². The molecule has 110 valence electrons. The van der Waals surface area contributed by atoms with E-state index in [4.69, 9.17) is 5.10 Å². The Morgan fingerprint density at radius 1 is 1.30 bits per heavy atom. The molecule has 0 amide bonds. The van der Waals surface area contributed by atoms with Crippen LogP contribution in [0, 0.1) is 0 Å². The van der Waals surface area contributed by atoms with Gasteiger partial charge in [0.1, 0.15) is 0 Å². The number of hydrogen-bond donors (Lipinski definition) is 1. The van der Waals surface area contributed by atoms with Crippen LogP contribution in [-0.2, 0) is 6.42 Å². The number of likely N-dealkylation sites (N-methyl/N-ethyl adjacent to an activating group) is 1. The van der Waals surface area contributed by atoms with E-state index in [2.05, 4.69) is 64.2 Å².